The summed E-state index contributed by atoms with van der Waals surface area (Å²) >= 11 is 0. The molecule has 1 saturated carbocycles. The third-order valence-corrected chi connectivity index (χ3v) is 7.77. The number of sulfonamides is 1. The standard InChI is InChI=1S/C22H25N7O2S/c1-2-16-10-17(21-12-20-8-9-26-29(20)13-23-21)6-7-22(16)32(30,31)27-18-4-3-5-19(11-18)28-14-24-25-15-28/h6-10,12-15,18-19,27H,2-5,11H2,1H3/t18-,19+/m0/s1. The average Bonchev–Trinajstić information content (AvgIpc) is 3.50. The maximum absolute atomic E-state index is 13.3. The van der Waals surface area contributed by atoms with Crippen LogP contribution in [0.4, 0.5) is 0 Å². The molecule has 3 aromatic heterocycles. The van der Waals surface area contributed by atoms with Gasteiger partial charge in [0.05, 0.1) is 22.3 Å². The lowest BCUT2D eigenvalue weighted by Crippen LogP contribution is -2.39. The Morgan fingerprint density at radius 2 is 1.94 bits per heavy atom. The Kier molecular flexibility index (Phi) is 5.48. The molecule has 5 rings (SSSR count). The van der Waals surface area contributed by atoms with Gasteiger partial charge in [0, 0.05) is 17.6 Å². The molecule has 166 valence electrons. The number of aryl methyl sites for hydroxylation is 1. The van der Waals surface area contributed by atoms with Crippen molar-refractivity contribution in [3.63, 3.8) is 0 Å². The molecule has 2 atom stereocenters. The van der Waals surface area contributed by atoms with E-state index in [0.29, 0.717) is 11.3 Å². The largest absolute Gasteiger partial charge is 0.317 e. The van der Waals surface area contributed by atoms with Crippen LogP contribution in [-0.2, 0) is 16.4 Å². The molecule has 0 unspecified atom stereocenters. The number of hydrogen-bond acceptors (Lipinski definition) is 6. The van der Waals surface area contributed by atoms with E-state index in [9.17, 15) is 8.42 Å². The van der Waals surface area contributed by atoms with Crippen LogP contribution in [0.3, 0.4) is 0 Å². The molecule has 9 nitrogen and oxygen atoms in total. The van der Waals surface area contributed by atoms with Crippen molar-refractivity contribution in [3.05, 3.63) is 61.1 Å². The molecule has 0 radical (unpaired) electrons. The lowest BCUT2D eigenvalue weighted by atomic mass is 9.91. The zero-order valence-electron chi connectivity index (χ0n) is 17.8. The number of aromatic nitrogens is 6. The van der Waals surface area contributed by atoms with Crippen LogP contribution in [0.1, 0.15) is 44.2 Å². The normalized spacial score (nSPS) is 19.4. The summed E-state index contributed by atoms with van der Waals surface area (Å²) in [7, 11) is -3.64. The molecular formula is C22H25N7O2S. The van der Waals surface area contributed by atoms with Crippen molar-refractivity contribution < 1.29 is 8.42 Å². The molecular weight excluding hydrogens is 426 g/mol. The van der Waals surface area contributed by atoms with Crippen molar-refractivity contribution >= 4 is 15.5 Å². The molecule has 32 heavy (non-hydrogen) atoms. The van der Waals surface area contributed by atoms with Gasteiger partial charge in [0.25, 0.3) is 0 Å². The maximum atomic E-state index is 13.3. The van der Waals surface area contributed by atoms with E-state index < -0.39 is 10.0 Å². The molecule has 0 spiro atoms. The van der Waals surface area contributed by atoms with Crippen LogP contribution < -0.4 is 4.72 Å². The number of benzene rings is 1. The minimum absolute atomic E-state index is 0.114. The van der Waals surface area contributed by atoms with E-state index in [1.807, 2.05) is 35.8 Å². The summed E-state index contributed by atoms with van der Waals surface area (Å²) in [5, 5.41) is 11.9. The summed E-state index contributed by atoms with van der Waals surface area (Å²) < 4.78 is 33.2. The van der Waals surface area contributed by atoms with E-state index in [1.165, 1.54) is 0 Å². The molecule has 1 aromatic carbocycles. The smallest absolute Gasteiger partial charge is 0.241 e. The van der Waals surface area contributed by atoms with Gasteiger partial charge in [0.1, 0.15) is 19.0 Å². The highest BCUT2D eigenvalue weighted by molar-refractivity contribution is 7.89. The fourth-order valence-corrected chi connectivity index (χ4v) is 6.06. The summed E-state index contributed by atoms with van der Waals surface area (Å²) in [4.78, 5) is 4.80. The fraction of sp³-hybridized carbons (Fsp3) is 0.364. The van der Waals surface area contributed by atoms with Crippen LogP contribution in [0.5, 0.6) is 0 Å². The highest BCUT2D eigenvalue weighted by Crippen LogP contribution is 2.30. The van der Waals surface area contributed by atoms with Crippen molar-refractivity contribution in [3.8, 4) is 11.3 Å². The molecule has 0 saturated heterocycles. The molecule has 1 aliphatic carbocycles. The number of nitrogens with zero attached hydrogens (tertiary/aromatic N) is 6. The van der Waals surface area contributed by atoms with Crippen LogP contribution >= 0.6 is 0 Å². The quantitative estimate of drug-likeness (QED) is 0.483. The van der Waals surface area contributed by atoms with Gasteiger partial charge in [-0.3, -0.25) is 0 Å². The van der Waals surface area contributed by atoms with Gasteiger partial charge in [0.15, 0.2) is 0 Å². The van der Waals surface area contributed by atoms with Crippen LogP contribution in [0, 0.1) is 0 Å². The molecule has 3 heterocycles. The Labute approximate surface area is 186 Å². The predicted octanol–water partition coefficient (Wildman–Crippen LogP) is 3.01. The molecule has 1 N–H and O–H groups in total. The minimum atomic E-state index is -3.64. The lowest BCUT2D eigenvalue weighted by molar-refractivity contribution is 0.305. The molecule has 0 aliphatic heterocycles. The fourth-order valence-electron chi connectivity index (χ4n) is 4.49. The Balaban J connectivity index is 1.39. The van der Waals surface area contributed by atoms with Crippen LogP contribution in [-0.4, -0.2) is 43.8 Å². The highest BCUT2D eigenvalue weighted by atomic mass is 32.2. The summed E-state index contributed by atoms with van der Waals surface area (Å²) in [6.45, 7) is 1.97. The van der Waals surface area contributed by atoms with Crippen molar-refractivity contribution in [2.75, 3.05) is 0 Å². The van der Waals surface area contributed by atoms with Gasteiger partial charge in [-0.1, -0.05) is 13.0 Å². The van der Waals surface area contributed by atoms with Crippen LogP contribution in [0.25, 0.3) is 16.8 Å². The Morgan fingerprint density at radius 3 is 2.75 bits per heavy atom. The third kappa shape index (κ3) is 4.03. The monoisotopic (exact) mass is 451 g/mol. The molecule has 0 amide bonds. The predicted molar refractivity (Wildman–Crippen MR) is 119 cm³/mol. The van der Waals surface area contributed by atoms with E-state index in [-0.39, 0.29) is 12.1 Å². The topological polar surface area (TPSA) is 107 Å². The lowest BCUT2D eigenvalue weighted by Gasteiger charge is -2.30. The minimum Gasteiger partial charge on any atom is -0.317 e. The highest BCUT2D eigenvalue weighted by Gasteiger charge is 2.28. The second-order valence-corrected chi connectivity index (χ2v) is 9.88. The zero-order valence-corrected chi connectivity index (χ0v) is 18.6. The molecule has 1 aliphatic rings. The van der Waals surface area contributed by atoms with E-state index in [0.717, 1.165) is 48.0 Å². The van der Waals surface area contributed by atoms with E-state index >= 15 is 0 Å². The molecule has 4 aromatic rings. The van der Waals surface area contributed by atoms with Crippen molar-refractivity contribution in [1.29, 1.82) is 0 Å². The van der Waals surface area contributed by atoms with E-state index in [2.05, 4.69) is 25.0 Å². The number of nitrogens with one attached hydrogen (secondary N) is 1. The van der Waals surface area contributed by atoms with Crippen LogP contribution in [0.2, 0.25) is 0 Å². The number of fused-ring (bicyclic) bond motifs is 1. The van der Waals surface area contributed by atoms with Gasteiger partial charge < -0.3 is 4.57 Å². The molecule has 0 bridgehead atoms. The van der Waals surface area contributed by atoms with Crippen LogP contribution in [0.15, 0.2) is 60.4 Å². The first kappa shape index (κ1) is 20.8. The molecule has 1 fully saturated rings. The number of rotatable bonds is 6. The van der Waals surface area contributed by atoms with Gasteiger partial charge in [-0.05, 0) is 61.9 Å². The Morgan fingerprint density at radius 1 is 1.09 bits per heavy atom. The Hall–Kier alpha value is -3.11. The maximum Gasteiger partial charge on any atom is 0.241 e. The van der Waals surface area contributed by atoms with Crippen molar-refractivity contribution in [1.82, 2.24) is 34.1 Å². The summed E-state index contributed by atoms with van der Waals surface area (Å²) in [5.74, 6) is 0. The summed E-state index contributed by atoms with van der Waals surface area (Å²) in [5.41, 5.74) is 3.38. The Bertz CT molecular complexity index is 1330. The van der Waals surface area contributed by atoms with Gasteiger partial charge >= 0.3 is 0 Å². The van der Waals surface area contributed by atoms with Gasteiger partial charge in [0.2, 0.25) is 10.0 Å². The van der Waals surface area contributed by atoms with Crippen molar-refractivity contribution in [2.45, 2.75) is 56.0 Å². The molecule has 10 heteroatoms. The average molecular weight is 452 g/mol. The first-order chi connectivity index (χ1) is 15.5. The van der Waals surface area contributed by atoms with E-state index in [1.54, 1.807) is 35.8 Å². The number of hydrogen-bond donors (Lipinski definition) is 1. The van der Waals surface area contributed by atoms with Crippen molar-refractivity contribution in [2.24, 2.45) is 0 Å². The SMILES string of the molecule is CCc1cc(-c2cc3ccnn3cn2)ccc1S(=O)(=O)N[C@H]1CCC[C@@H](n2cnnc2)C1. The summed E-state index contributed by atoms with van der Waals surface area (Å²) in [6, 6.07) is 9.39. The first-order valence-corrected chi connectivity index (χ1v) is 12.3. The third-order valence-electron chi connectivity index (χ3n) is 6.14. The summed E-state index contributed by atoms with van der Waals surface area (Å²) in [6.07, 6.45) is 10.9. The first-order valence-electron chi connectivity index (χ1n) is 10.8. The second-order valence-electron chi connectivity index (χ2n) is 8.20. The second kappa shape index (κ2) is 8.44. The van der Waals surface area contributed by atoms with Gasteiger partial charge in [-0.25, -0.2) is 22.6 Å². The van der Waals surface area contributed by atoms with Gasteiger partial charge in [-0.2, -0.15) is 5.10 Å². The van der Waals surface area contributed by atoms with Gasteiger partial charge in [-0.15, -0.1) is 10.2 Å². The zero-order chi connectivity index (χ0) is 22.1. The van der Waals surface area contributed by atoms with E-state index in [4.69, 9.17) is 0 Å².